The number of nitrogens with one attached hydrogen (secondary N) is 2. The minimum Gasteiger partial charge on any atom is -0.486 e. The minimum atomic E-state index is -0.512. The zero-order valence-corrected chi connectivity index (χ0v) is 21.0. The third kappa shape index (κ3) is 6.37. The van der Waals surface area contributed by atoms with Crippen molar-refractivity contribution >= 4 is 34.0 Å². The topological polar surface area (TPSA) is 92.9 Å². The molecule has 0 spiro atoms. The Kier molecular flexibility index (Phi) is 7.45. The lowest BCUT2D eigenvalue weighted by molar-refractivity contribution is 0.0922. The van der Waals surface area contributed by atoms with Gasteiger partial charge in [0, 0.05) is 11.3 Å². The molecule has 5 aromatic rings. The van der Waals surface area contributed by atoms with Crippen molar-refractivity contribution in [2.75, 3.05) is 5.32 Å². The Bertz CT molecular complexity index is 1690. The first-order valence-electron chi connectivity index (χ1n) is 12.2. The minimum absolute atomic E-state index is 0.0970. The SMILES string of the molecule is C/C(=N\NC(=O)c1ccc(COc2ccc3ccccc3c2)o1)c1cccc(NC(=O)c2cccc(F)c2)c1. The fourth-order valence-corrected chi connectivity index (χ4v) is 3.90. The molecule has 7 nitrogen and oxygen atoms in total. The molecular formula is C31H24FN3O4. The van der Waals surface area contributed by atoms with Crippen LogP contribution in [0.1, 0.15) is 39.2 Å². The number of hydrazone groups is 1. The maximum Gasteiger partial charge on any atom is 0.307 e. The van der Waals surface area contributed by atoms with Crippen molar-refractivity contribution in [1.82, 2.24) is 5.43 Å². The number of anilines is 1. The van der Waals surface area contributed by atoms with E-state index in [2.05, 4.69) is 15.8 Å². The predicted octanol–water partition coefficient (Wildman–Crippen LogP) is 6.56. The fourth-order valence-electron chi connectivity index (χ4n) is 3.90. The van der Waals surface area contributed by atoms with E-state index in [9.17, 15) is 14.0 Å². The maximum atomic E-state index is 13.4. The zero-order valence-electron chi connectivity index (χ0n) is 21.0. The number of nitrogens with zero attached hydrogens (tertiary/aromatic N) is 1. The van der Waals surface area contributed by atoms with Crippen molar-refractivity contribution in [2.24, 2.45) is 5.10 Å². The van der Waals surface area contributed by atoms with Gasteiger partial charge >= 0.3 is 5.91 Å². The Morgan fingerprint density at radius 3 is 2.46 bits per heavy atom. The lowest BCUT2D eigenvalue weighted by Crippen LogP contribution is -2.19. The smallest absolute Gasteiger partial charge is 0.307 e. The highest BCUT2D eigenvalue weighted by Gasteiger charge is 2.12. The highest BCUT2D eigenvalue weighted by molar-refractivity contribution is 6.06. The van der Waals surface area contributed by atoms with E-state index in [-0.39, 0.29) is 17.9 Å². The number of hydrogen-bond acceptors (Lipinski definition) is 5. The molecule has 2 amide bonds. The summed E-state index contributed by atoms with van der Waals surface area (Å²) in [6.45, 7) is 1.89. The van der Waals surface area contributed by atoms with Crippen molar-refractivity contribution < 1.29 is 23.1 Å². The van der Waals surface area contributed by atoms with Crippen LogP contribution in [0.5, 0.6) is 5.75 Å². The summed E-state index contributed by atoms with van der Waals surface area (Å²) < 4.78 is 24.9. The predicted molar refractivity (Wildman–Crippen MR) is 147 cm³/mol. The number of carbonyl (C=O) groups excluding carboxylic acids is 2. The van der Waals surface area contributed by atoms with Crippen molar-refractivity contribution in [3.63, 3.8) is 0 Å². The molecule has 0 unspecified atom stereocenters. The van der Waals surface area contributed by atoms with E-state index in [4.69, 9.17) is 9.15 Å². The fraction of sp³-hybridized carbons (Fsp3) is 0.0645. The number of halogens is 1. The number of ether oxygens (including phenoxy) is 1. The molecule has 0 radical (unpaired) electrons. The molecule has 0 atom stereocenters. The van der Waals surface area contributed by atoms with Crippen LogP contribution in [0.2, 0.25) is 0 Å². The Balaban J connectivity index is 1.18. The van der Waals surface area contributed by atoms with Crippen molar-refractivity contribution in [1.29, 1.82) is 0 Å². The molecule has 1 heterocycles. The Labute approximate surface area is 223 Å². The molecule has 0 aliphatic carbocycles. The van der Waals surface area contributed by atoms with E-state index in [1.54, 1.807) is 43.3 Å². The van der Waals surface area contributed by atoms with E-state index >= 15 is 0 Å². The van der Waals surface area contributed by atoms with Gasteiger partial charge in [-0.15, -0.1) is 0 Å². The Morgan fingerprint density at radius 2 is 1.62 bits per heavy atom. The molecule has 5 rings (SSSR count). The monoisotopic (exact) mass is 521 g/mol. The molecule has 0 saturated carbocycles. The molecule has 0 bridgehead atoms. The summed E-state index contributed by atoms with van der Waals surface area (Å²) in [7, 11) is 0. The molecule has 1 aromatic heterocycles. The second-order valence-corrected chi connectivity index (χ2v) is 8.75. The lowest BCUT2D eigenvalue weighted by Gasteiger charge is -2.08. The maximum absolute atomic E-state index is 13.4. The van der Waals surface area contributed by atoms with Gasteiger partial charge in [-0.05, 0) is 77.9 Å². The summed E-state index contributed by atoms with van der Waals surface area (Å²) >= 11 is 0. The standard InChI is InChI=1S/C31H24FN3O4/c1-20(22-8-5-11-26(17-22)33-30(36)24-9-4-10-25(32)16-24)34-35-31(37)29-15-14-28(39-29)19-38-27-13-12-21-6-2-3-7-23(21)18-27/h2-18H,19H2,1H3,(H,33,36)(H,35,37)/b34-20+. The summed E-state index contributed by atoms with van der Waals surface area (Å²) in [4.78, 5) is 25.0. The van der Waals surface area contributed by atoms with Gasteiger partial charge in [0.1, 0.15) is 23.9 Å². The quantitative estimate of drug-likeness (QED) is 0.179. The summed E-state index contributed by atoms with van der Waals surface area (Å²) in [5.74, 6) is -0.146. The van der Waals surface area contributed by atoms with E-state index < -0.39 is 17.6 Å². The zero-order chi connectivity index (χ0) is 27.2. The lowest BCUT2D eigenvalue weighted by atomic mass is 10.1. The van der Waals surface area contributed by atoms with Gasteiger partial charge < -0.3 is 14.5 Å². The average molecular weight is 522 g/mol. The molecule has 8 heteroatoms. The van der Waals surface area contributed by atoms with Gasteiger partial charge in [-0.3, -0.25) is 9.59 Å². The number of fused-ring (bicyclic) bond motifs is 1. The van der Waals surface area contributed by atoms with Crippen LogP contribution in [0.4, 0.5) is 10.1 Å². The van der Waals surface area contributed by atoms with Gasteiger partial charge in [-0.2, -0.15) is 5.10 Å². The molecule has 0 aliphatic heterocycles. The number of hydrogen-bond donors (Lipinski definition) is 2. The number of rotatable bonds is 8. The molecule has 194 valence electrons. The summed E-state index contributed by atoms with van der Waals surface area (Å²) in [5.41, 5.74) is 4.38. The highest BCUT2D eigenvalue weighted by Crippen LogP contribution is 2.22. The normalized spacial score (nSPS) is 11.3. The molecule has 0 fully saturated rings. The Morgan fingerprint density at radius 1 is 0.821 bits per heavy atom. The molecule has 2 N–H and O–H groups in total. The van der Waals surface area contributed by atoms with Crippen LogP contribution in [0, 0.1) is 5.82 Å². The van der Waals surface area contributed by atoms with E-state index in [1.165, 1.54) is 18.2 Å². The number of furan rings is 1. The summed E-state index contributed by atoms with van der Waals surface area (Å²) in [6, 6.07) is 29.4. The van der Waals surface area contributed by atoms with Crippen LogP contribution in [0.25, 0.3) is 10.8 Å². The largest absolute Gasteiger partial charge is 0.486 e. The molecule has 0 saturated heterocycles. The second kappa shape index (κ2) is 11.4. The van der Waals surface area contributed by atoms with Crippen LogP contribution >= 0.6 is 0 Å². The van der Waals surface area contributed by atoms with Crippen LogP contribution in [-0.4, -0.2) is 17.5 Å². The van der Waals surface area contributed by atoms with Crippen LogP contribution in [0.3, 0.4) is 0 Å². The van der Waals surface area contributed by atoms with Gasteiger partial charge in [0.2, 0.25) is 0 Å². The third-order valence-electron chi connectivity index (χ3n) is 5.94. The molecule has 39 heavy (non-hydrogen) atoms. The first-order chi connectivity index (χ1) is 18.9. The Hall–Kier alpha value is -5.24. The van der Waals surface area contributed by atoms with Crippen LogP contribution < -0.4 is 15.5 Å². The van der Waals surface area contributed by atoms with Gasteiger partial charge in [0.05, 0.1) is 5.71 Å². The van der Waals surface area contributed by atoms with Gasteiger partial charge in [0.25, 0.3) is 5.91 Å². The second-order valence-electron chi connectivity index (χ2n) is 8.75. The van der Waals surface area contributed by atoms with Crippen molar-refractivity contribution in [3.05, 3.63) is 132 Å². The molecular weight excluding hydrogens is 497 g/mol. The van der Waals surface area contributed by atoms with Gasteiger partial charge in [0.15, 0.2) is 5.76 Å². The van der Waals surface area contributed by atoms with Crippen LogP contribution in [0.15, 0.2) is 113 Å². The van der Waals surface area contributed by atoms with Crippen molar-refractivity contribution in [3.8, 4) is 5.75 Å². The average Bonchev–Trinajstić information content (AvgIpc) is 3.44. The summed E-state index contributed by atoms with van der Waals surface area (Å²) in [6.07, 6.45) is 0. The van der Waals surface area contributed by atoms with Crippen molar-refractivity contribution in [2.45, 2.75) is 13.5 Å². The van der Waals surface area contributed by atoms with Gasteiger partial charge in [-0.25, -0.2) is 9.82 Å². The number of benzene rings is 4. The van der Waals surface area contributed by atoms with Crippen LogP contribution in [-0.2, 0) is 6.61 Å². The molecule has 0 aliphatic rings. The number of amides is 2. The van der Waals surface area contributed by atoms with E-state index in [1.807, 2.05) is 42.5 Å². The van der Waals surface area contributed by atoms with Gasteiger partial charge in [-0.1, -0.05) is 48.5 Å². The molecule has 4 aromatic carbocycles. The third-order valence-corrected chi connectivity index (χ3v) is 5.94. The summed E-state index contributed by atoms with van der Waals surface area (Å²) in [5, 5.41) is 9.08. The van der Waals surface area contributed by atoms with E-state index in [0.717, 1.165) is 16.8 Å². The first kappa shape index (κ1) is 25.4. The number of carbonyl (C=O) groups is 2. The van der Waals surface area contributed by atoms with E-state index in [0.29, 0.717) is 28.5 Å². The first-order valence-corrected chi connectivity index (χ1v) is 12.2. The highest BCUT2D eigenvalue weighted by atomic mass is 19.1.